The van der Waals surface area contributed by atoms with Crippen LogP contribution in [0.4, 0.5) is 0 Å². The van der Waals surface area contributed by atoms with E-state index in [9.17, 15) is 19.8 Å². The van der Waals surface area contributed by atoms with Crippen molar-refractivity contribution in [3.05, 3.63) is 71.2 Å². The Morgan fingerprint density at radius 1 is 0.688 bits per heavy atom. The van der Waals surface area contributed by atoms with Crippen molar-refractivity contribution in [2.75, 3.05) is 0 Å². The van der Waals surface area contributed by atoms with Crippen molar-refractivity contribution in [1.82, 2.24) is 9.97 Å². The second kappa shape index (κ2) is 7.05. The van der Waals surface area contributed by atoms with Crippen molar-refractivity contribution >= 4 is 33.7 Å². The number of aromatic carboxylic acids is 2. The van der Waals surface area contributed by atoms with Crippen LogP contribution < -0.4 is 10.2 Å². The van der Waals surface area contributed by atoms with E-state index in [1.807, 2.05) is 0 Å². The largest absolute Gasteiger partial charge is 0.545 e. The van der Waals surface area contributed by atoms with E-state index in [1.165, 1.54) is 24.3 Å². The smallest absolute Gasteiger partial charge is 0.152 e. The Bertz CT molecular complexity index is 1450. The number of hydrogen-bond donors (Lipinski definition) is 0. The summed E-state index contributed by atoms with van der Waals surface area (Å²) in [4.78, 5) is 32.8. The number of furan rings is 2. The second-order valence-electron chi connectivity index (χ2n) is 7.39. The number of fused-ring (bicyclic) bond motifs is 2. The number of pyridine rings is 2. The molecule has 0 radical (unpaired) electrons. The van der Waals surface area contributed by atoms with Gasteiger partial charge in [0.05, 0.1) is 23.0 Å². The SMILES string of the molecule is Cc1ccc(-c2cc(C(=O)[O-])c3cc4c(C(=O)[O-])cc(-c5ccc(C)o5)nc4cc3n2)o1. The number of carbonyl (C=O) groups excluding carboxylic acids is 2. The Labute approximate surface area is 180 Å². The molecule has 0 spiro atoms. The summed E-state index contributed by atoms with van der Waals surface area (Å²) in [6.07, 6.45) is 0. The Morgan fingerprint density at radius 3 is 1.47 bits per heavy atom. The quantitative estimate of drug-likeness (QED) is 0.401. The number of hydrogen-bond acceptors (Lipinski definition) is 8. The zero-order valence-corrected chi connectivity index (χ0v) is 17.0. The van der Waals surface area contributed by atoms with E-state index in [4.69, 9.17) is 8.83 Å². The van der Waals surface area contributed by atoms with E-state index >= 15 is 0 Å². The van der Waals surface area contributed by atoms with Crippen LogP contribution in [0, 0.1) is 13.8 Å². The van der Waals surface area contributed by atoms with Gasteiger partial charge in [-0.3, -0.25) is 0 Å². The van der Waals surface area contributed by atoms with Crippen LogP contribution in [-0.2, 0) is 0 Å². The summed E-state index contributed by atoms with van der Waals surface area (Å²) in [5, 5.41) is 24.2. The van der Waals surface area contributed by atoms with Crippen LogP contribution >= 0.6 is 0 Å². The highest BCUT2D eigenvalue weighted by molar-refractivity contribution is 6.11. The molecule has 5 aromatic rings. The van der Waals surface area contributed by atoms with Crippen LogP contribution in [0.1, 0.15) is 32.2 Å². The monoisotopic (exact) mass is 426 g/mol. The van der Waals surface area contributed by atoms with Crippen LogP contribution in [0.25, 0.3) is 44.7 Å². The predicted octanol–water partition coefficient (Wildman–Crippen LogP) is 2.65. The van der Waals surface area contributed by atoms with Gasteiger partial charge in [-0.25, -0.2) is 9.97 Å². The molecule has 4 heterocycles. The lowest BCUT2D eigenvalue weighted by molar-refractivity contribution is -0.255. The number of carboxylic acids is 2. The number of nitrogens with zero attached hydrogens (tertiary/aromatic N) is 2. The van der Waals surface area contributed by atoms with Crippen molar-refractivity contribution in [1.29, 1.82) is 0 Å². The summed E-state index contributed by atoms with van der Waals surface area (Å²) in [5.74, 6) is -0.757. The highest BCUT2D eigenvalue weighted by atomic mass is 16.4. The zero-order chi connectivity index (χ0) is 22.6. The van der Waals surface area contributed by atoms with Crippen LogP contribution in [0.3, 0.4) is 0 Å². The van der Waals surface area contributed by atoms with E-state index in [-0.39, 0.29) is 21.9 Å². The van der Waals surface area contributed by atoms with Gasteiger partial charge in [0.2, 0.25) is 0 Å². The second-order valence-corrected chi connectivity index (χ2v) is 7.39. The summed E-state index contributed by atoms with van der Waals surface area (Å²) >= 11 is 0. The number of benzene rings is 1. The molecule has 5 rings (SSSR count). The van der Waals surface area contributed by atoms with Gasteiger partial charge in [-0.05, 0) is 62.4 Å². The van der Waals surface area contributed by atoms with Gasteiger partial charge in [-0.2, -0.15) is 0 Å². The summed E-state index contributed by atoms with van der Waals surface area (Å²) in [6.45, 7) is 3.53. The summed E-state index contributed by atoms with van der Waals surface area (Å²) < 4.78 is 11.2. The summed E-state index contributed by atoms with van der Waals surface area (Å²) in [7, 11) is 0. The van der Waals surface area contributed by atoms with Crippen molar-refractivity contribution in [3.63, 3.8) is 0 Å². The zero-order valence-electron chi connectivity index (χ0n) is 17.0. The topological polar surface area (TPSA) is 132 Å². The molecule has 0 unspecified atom stereocenters. The summed E-state index contributed by atoms with van der Waals surface area (Å²) in [6, 6.07) is 12.5. The van der Waals surface area contributed by atoms with E-state index in [0.717, 1.165) is 0 Å². The highest BCUT2D eigenvalue weighted by Gasteiger charge is 2.16. The minimum absolute atomic E-state index is 0.143. The van der Waals surface area contributed by atoms with Gasteiger partial charge in [0.15, 0.2) is 11.5 Å². The molecule has 0 amide bonds. The van der Waals surface area contributed by atoms with Crippen LogP contribution in [0.15, 0.2) is 57.4 Å². The normalized spacial score (nSPS) is 11.3. The van der Waals surface area contributed by atoms with Gasteiger partial charge >= 0.3 is 0 Å². The first-order valence-corrected chi connectivity index (χ1v) is 9.66. The van der Waals surface area contributed by atoms with E-state index < -0.39 is 11.9 Å². The third-order valence-corrected chi connectivity index (χ3v) is 5.16. The minimum atomic E-state index is -1.42. The number of carbonyl (C=O) groups is 2. The maximum atomic E-state index is 11.9. The fourth-order valence-electron chi connectivity index (χ4n) is 3.68. The maximum absolute atomic E-state index is 11.9. The predicted molar refractivity (Wildman–Crippen MR) is 111 cm³/mol. The number of rotatable bonds is 4. The Morgan fingerprint density at radius 2 is 1.12 bits per heavy atom. The molecule has 0 saturated carbocycles. The molecule has 0 atom stereocenters. The molecule has 0 fully saturated rings. The standard InChI is InChI=1S/C24H16N2O6/c1-11-3-5-21(31-11)19-8-15(23(27)28)13-7-14-16(24(29)30)9-20(22-6-4-12(2)32-22)26-18(14)10-17(13)25-19/h3-10H,1-2H3,(H,27,28)(H,29,30)/p-2. The minimum Gasteiger partial charge on any atom is -0.545 e. The van der Waals surface area contributed by atoms with Crippen LogP contribution in [-0.4, -0.2) is 21.9 Å². The first-order chi connectivity index (χ1) is 15.3. The molecule has 4 aromatic heterocycles. The van der Waals surface area contributed by atoms with E-state index in [2.05, 4.69) is 9.97 Å². The first kappa shape index (κ1) is 19.5. The molecule has 0 bridgehead atoms. The Hall–Kier alpha value is -4.46. The van der Waals surface area contributed by atoms with Gasteiger partial charge in [-0.1, -0.05) is 0 Å². The number of carboxylic acid groups (broad SMARTS) is 2. The molecular weight excluding hydrogens is 412 g/mol. The van der Waals surface area contributed by atoms with Gasteiger partial charge in [0.1, 0.15) is 22.9 Å². The Kier molecular flexibility index (Phi) is 4.30. The van der Waals surface area contributed by atoms with Gasteiger partial charge in [0.25, 0.3) is 0 Å². The molecular formula is C24H14N2O6-2. The molecule has 0 aliphatic carbocycles. The number of aromatic nitrogens is 2. The maximum Gasteiger partial charge on any atom is 0.152 e. The molecule has 158 valence electrons. The molecule has 32 heavy (non-hydrogen) atoms. The van der Waals surface area contributed by atoms with Gasteiger partial charge < -0.3 is 28.6 Å². The number of aryl methyl sites for hydroxylation is 2. The Balaban J connectivity index is 1.84. The van der Waals surface area contributed by atoms with Gasteiger partial charge in [0, 0.05) is 21.9 Å². The fourth-order valence-corrected chi connectivity index (χ4v) is 3.68. The van der Waals surface area contributed by atoms with Gasteiger partial charge in [-0.15, -0.1) is 0 Å². The molecule has 8 nitrogen and oxygen atoms in total. The van der Waals surface area contributed by atoms with Crippen LogP contribution in [0.2, 0.25) is 0 Å². The average Bonchev–Trinajstić information content (AvgIpc) is 3.38. The molecule has 8 heteroatoms. The lowest BCUT2D eigenvalue weighted by atomic mass is 10.0. The molecule has 0 N–H and O–H groups in total. The molecule has 0 aliphatic heterocycles. The van der Waals surface area contributed by atoms with E-state index in [0.29, 0.717) is 45.5 Å². The third-order valence-electron chi connectivity index (χ3n) is 5.16. The molecule has 0 saturated heterocycles. The van der Waals surface area contributed by atoms with Crippen molar-refractivity contribution in [3.8, 4) is 22.9 Å². The van der Waals surface area contributed by atoms with Crippen LogP contribution in [0.5, 0.6) is 0 Å². The van der Waals surface area contributed by atoms with E-state index in [1.54, 1.807) is 38.1 Å². The molecule has 0 aliphatic rings. The van der Waals surface area contributed by atoms with Crippen molar-refractivity contribution in [2.24, 2.45) is 0 Å². The average molecular weight is 426 g/mol. The lowest BCUT2D eigenvalue weighted by Gasteiger charge is -2.14. The first-order valence-electron chi connectivity index (χ1n) is 9.66. The molecule has 1 aromatic carbocycles. The third kappa shape index (κ3) is 3.18. The van der Waals surface area contributed by atoms with Crippen molar-refractivity contribution in [2.45, 2.75) is 13.8 Å². The lowest BCUT2D eigenvalue weighted by Crippen LogP contribution is -2.23. The highest BCUT2D eigenvalue weighted by Crippen LogP contribution is 2.32. The fraction of sp³-hybridized carbons (Fsp3) is 0.0833. The summed E-state index contributed by atoms with van der Waals surface area (Å²) in [5.41, 5.74) is 0.928. The van der Waals surface area contributed by atoms with Crippen molar-refractivity contribution < 1.29 is 28.6 Å².